The van der Waals surface area contributed by atoms with Crippen LogP contribution in [0.1, 0.15) is 26.7 Å². The molecule has 0 aliphatic carbocycles. The minimum absolute atomic E-state index is 0.110. The van der Waals surface area contributed by atoms with Crippen LogP contribution in [0.15, 0.2) is 11.3 Å². The molecule has 1 atom stereocenters. The Morgan fingerprint density at radius 1 is 1.62 bits per heavy atom. The fourth-order valence-electron chi connectivity index (χ4n) is 1.80. The van der Waals surface area contributed by atoms with Gasteiger partial charge in [-0.2, -0.15) is 0 Å². The number of hydrogen-bond acceptors (Lipinski definition) is 4. The van der Waals surface area contributed by atoms with Gasteiger partial charge in [0.15, 0.2) is 5.57 Å². The Morgan fingerprint density at radius 2 is 2.25 bits per heavy atom. The normalized spacial score (nSPS) is 21.0. The number of carbonyl (C=O) groups is 2. The first-order chi connectivity index (χ1) is 7.45. The van der Waals surface area contributed by atoms with Crippen LogP contribution in [0.25, 0.3) is 0 Å². The number of ether oxygens (including phenoxy) is 1. The zero-order chi connectivity index (χ0) is 12.3. The van der Waals surface area contributed by atoms with E-state index in [1.165, 1.54) is 7.11 Å². The first-order valence-electron chi connectivity index (χ1n) is 5.27. The molecule has 0 spiro atoms. The maximum absolute atomic E-state index is 11.6. The van der Waals surface area contributed by atoms with Crippen LogP contribution in [-0.2, 0) is 14.3 Å². The second-order valence-corrected chi connectivity index (χ2v) is 4.32. The van der Waals surface area contributed by atoms with Gasteiger partial charge in [0, 0.05) is 12.5 Å². The van der Waals surface area contributed by atoms with E-state index in [-0.39, 0.29) is 23.8 Å². The lowest BCUT2D eigenvalue weighted by Gasteiger charge is -2.25. The number of methoxy groups -OCH3 is 1. The van der Waals surface area contributed by atoms with Gasteiger partial charge < -0.3 is 15.2 Å². The molecule has 1 aliphatic heterocycles. The molecule has 0 aromatic heterocycles. The number of rotatable bonds is 3. The van der Waals surface area contributed by atoms with Crippen LogP contribution < -0.4 is 5.32 Å². The third-order valence-corrected chi connectivity index (χ3v) is 2.44. The average molecular weight is 227 g/mol. The number of nitrogens with one attached hydrogen (secondary N) is 1. The average Bonchev–Trinajstić information content (AvgIpc) is 2.15. The Balaban J connectivity index is 2.82. The molecule has 2 N–H and O–H groups in total. The number of carbonyl (C=O) groups excluding carboxylic acids is 2. The van der Waals surface area contributed by atoms with Crippen LogP contribution in [0.2, 0.25) is 0 Å². The maximum atomic E-state index is 11.6. The summed E-state index contributed by atoms with van der Waals surface area (Å²) in [7, 11) is 1.18. The van der Waals surface area contributed by atoms with E-state index < -0.39 is 11.9 Å². The molecule has 1 heterocycles. The molecule has 5 nitrogen and oxygen atoms in total. The number of aliphatic hydroxyl groups excluding tert-OH is 1. The molecule has 0 fully saturated rings. The molecule has 0 radical (unpaired) electrons. The molecule has 16 heavy (non-hydrogen) atoms. The molecule has 0 saturated carbocycles. The van der Waals surface area contributed by atoms with Gasteiger partial charge in [0.1, 0.15) is 5.76 Å². The Labute approximate surface area is 94.5 Å². The van der Waals surface area contributed by atoms with Crippen LogP contribution in [0.3, 0.4) is 0 Å². The largest absolute Gasteiger partial charge is 0.511 e. The predicted molar refractivity (Wildman–Crippen MR) is 57.7 cm³/mol. The third kappa shape index (κ3) is 2.74. The number of aliphatic hydroxyl groups is 1. The van der Waals surface area contributed by atoms with Crippen molar-refractivity contribution in [1.82, 2.24) is 5.32 Å². The van der Waals surface area contributed by atoms with Crippen LogP contribution in [0.5, 0.6) is 0 Å². The van der Waals surface area contributed by atoms with Gasteiger partial charge in [-0.3, -0.25) is 4.79 Å². The molecule has 1 rings (SSSR count). The quantitative estimate of drug-likeness (QED) is 0.555. The van der Waals surface area contributed by atoms with Crippen molar-refractivity contribution in [3.8, 4) is 0 Å². The lowest BCUT2D eigenvalue weighted by atomic mass is 9.95. The maximum Gasteiger partial charge on any atom is 0.346 e. The van der Waals surface area contributed by atoms with Crippen molar-refractivity contribution in [2.24, 2.45) is 5.92 Å². The molecular formula is C11H17NO4. The van der Waals surface area contributed by atoms with E-state index >= 15 is 0 Å². The molecule has 0 aromatic rings. The summed E-state index contributed by atoms with van der Waals surface area (Å²) in [4.78, 5) is 22.8. The number of esters is 1. The number of amides is 1. The van der Waals surface area contributed by atoms with E-state index in [1.54, 1.807) is 0 Å². The fraction of sp³-hybridized carbons (Fsp3) is 0.636. The summed E-state index contributed by atoms with van der Waals surface area (Å²) in [6.45, 7) is 4.06. The summed E-state index contributed by atoms with van der Waals surface area (Å²) >= 11 is 0. The second kappa shape index (κ2) is 5.01. The highest BCUT2D eigenvalue weighted by atomic mass is 16.5. The Kier molecular flexibility index (Phi) is 3.93. The van der Waals surface area contributed by atoms with Crippen molar-refractivity contribution < 1.29 is 19.4 Å². The van der Waals surface area contributed by atoms with Crippen molar-refractivity contribution in [2.45, 2.75) is 32.7 Å². The third-order valence-electron chi connectivity index (χ3n) is 2.44. The SMILES string of the molecule is COC(=O)C1=C(O)C[C@@H](CC(C)C)NC1=O. The highest BCUT2D eigenvalue weighted by Gasteiger charge is 2.32. The van der Waals surface area contributed by atoms with Crippen molar-refractivity contribution in [2.75, 3.05) is 7.11 Å². The highest BCUT2D eigenvalue weighted by Crippen LogP contribution is 2.20. The van der Waals surface area contributed by atoms with Crippen LogP contribution in [0, 0.1) is 5.92 Å². The molecule has 0 aromatic carbocycles. The van der Waals surface area contributed by atoms with Gasteiger partial charge in [-0.25, -0.2) is 4.79 Å². The fourth-order valence-corrected chi connectivity index (χ4v) is 1.80. The monoisotopic (exact) mass is 227 g/mol. The van der Waals surface area contributed by atoms with Crippen LogP contribution >= 0.6 is 0 Å². The standard InChI is InChI=1S/C11H17NO4/c1-6(2)4-7-5-8(13)9(10(14)12-7)11(15)16-3/h6-7,13H,4-5H2,1-3H3,(H,12,14)/t7-/m1/s1. The summed E-state index contributed by atoms with van der Waals surface area (Å²) in [6, 6.07) is -0.110. The lowest BCUT2D eigenvalue weighted by Crippen LogP contribution is -2.43. The second-order valence-electron chi connectivity index (χ2n) is 4.32. The molecule has 90 valence electrons. The zero-order valence-corrected chi connectivity index (χ0v) is 9.74. The summed E-state index contributed by atoms with van der Waals surface area (Å²) in [5.41, 5.74) is -0.275. The highest BCUT2D eigenvalue weighted by molar-refractivity contribution is 6.17. The summed E-state index contributed by atoms with van der Waals surface area (Å²) in [5.74, 6) is -1.11. The van der Waals surface area contributed by atoms with E-state index in [2.05, 4.69) is 10.1 Å². The molecule has 0 unspecified atom stereocenters. The van der Waals surface area contributed by atoms with Gasteiger partial charge in [0.2, 0.25) is 0 Å². The Hall–Kier alpha value is -1.52. The van der Waals surface area contributed by atoms with Gasteiger partial charge >= 0.3 is 5.97 Å². The van der Waals surface area contributed by atoms with Crippen molar-refractivity contribution in [1.29, 1.82) is 0 Å². The van der Waals surface area contributed by atoms with E-state index in [9.17, 15) is 14.7 Å². The molecular weight excluding hydrogens is 210 g/mol. The van der Waals surface area contributed by atoms with E-state index in [1.807, 2.05) is 13.8 Å². The lowest BCUT2D eigenvalue weighted by molar-refractivity contribution is -0.138. The minimum Gasteiger partial charge on any atom is -0.511 e. The van der Waals surface area contributed by atoms with Crippen LogP contribution in [-0.4, -0.2) is 30.1 Å². The van der Waals surface area contributed by atoms with E-state index in [0.717, 1.165) is 6.42 Å². The first-order valence-corrected chi connectivity index (χ1v) is 5.27. The molecule has 0 bridgehead atoms. The van der Waals surface area contributed by atoms with Crippen molar-refractivity contribution >= 4 is 11.9 Å². The van der Waals surface area contributed by atoms with Crippen LogP contribution in [0.4, 0.5) is 0 Å². The predicted octanol–water partition coefficient (Wildman–Crippen LogP) is 0.906. The topological polar surface area (TPSA) is 75.6 Å². The number of hydrogen-bond donors (Lipinski definition) is 2. The first kappa shape index (κ1) is 12.5. The summed E-state index contributed by atoms with van der Waals surface area (Å²) < 4.78 is 4.43. The van der Waals surface area contributed by atoms with Gasteiger partial charge in [-0.15, -0.1) is 0 Å². The van der Waals surface area contributed by atoms with E-state index in [0.29, 0.717) is 5.92 Å². The van der Waals surface area contributed by atoms with Gasteiger partial charge in [-0.1, -0.05) is 13.8 Å². The van der Waals surface area contributed by atoms with Gasteiger partial charge in [0.05, 0.1) is 7.11 Å². The van der Waals surface area contributed by atoms with E-state index in [4.69, 9.17) is 0 Å². The van der Waals surface area contributed by atoms with Crippen molar-refractivity contribution in [3.63, 3.8) is 0 Å². The molecule has 0 saturated heterocycles. The Bertz CT molecular complexity index is 333. The zero-order valence-electron chi connectivity index (χ0n) is 9.74. The van der Waals surface area contributed by atoms with Gasteiger partial charge in [0.25, 0.3) is 5.91 Å². The van der Waals surface area contributed by atoms with Gasteiger partial charge in [-0.05, 0) is 12.3 Å². The minimum atomic E-state index is -0.794. The molecule has 1 aliphatic rings. The Morgan fingerprint density at radius 3 is 2.69 bits per heavy atom. The van der Waals surface area contributed by atoms with Crippen molar-refractivity contribution in [3.05, 3.63) is 11.3 Å². The summed E-state index contributed by atoms with van der Waals surface area (Å²) in [5, 5.41) is 12.3. The molecule has 5 heteroatoms. The summed E-state index contributed by atoms with van der Waals surface area (Å²) in [6.07, 6.45) is 1.05. The molecule has 1 amide bonds. The smallest absolute Gasteiger partial charge is 0.346 e.